The molecule has 0 aliphatic carbocycles. The molecule has 2 atom stereocenters. The molecular weight excluding hydrogens is 630 g/mol. The van der Waals surface area contributed by atoms with Crippen LogP contribution in [0.15, 0.2) is 0 Å². The number of quaternary nitrogens is 1. The zero-order valence-corrected chi connectivity index (χ0v) is 33.6. The summed E-state index contributed by atoms with van der Waals surface area (Å²) in [6.07, 6.45) is 32.8. The van der Waals surface area contributed by atoms with Crippen molar-refractivity contribution in [1.82, 2.24) is 0 Å². The lowest BCUT2D eigenvalue weighted by Crippen LogP contribution is -2.50. The molecule has 0 aliphatic heterocycles. The van der Waals surface area contributed by atoms with Crippen LogP contribution < -0.4 is 0 Å². The number of carboxylic acids is 1. The van der Waals surface area contributed by atoms with Gasteiger partial charge in [0.1, 0.15) is 6.61 Å². The summed E-state index contributed by atoms with van der Waals surface area (Å²) in [6.45, 7) is 4.75. The lowest BCUT2D eigenvalue weighted by atomic mass is 10.0. The third-order valence-electron chi connectivity index (χ3n) is 9.76. The molecule has 0 aliphatic rings. The monoisotopic (exact) mass is 713 g/mol. The van der Waals surface area contributed by atoms with Gasteiger partial charge in [-0.2, -0.15) is 0 Å². The minimum atomic E-state index is -0.871. The molecule has 296 valence electrons. The molecule has 2 unspecified atom stereocenters. The van der Waals surface area contributed by atoms with Gasteiger partial charge >= 0.3 is 17.9 Å². The predicted molar refractivity (Wildman–Crippen MR) is 206 cm³/mol. The number of ether oxygens (including phenoxy) is 3. The van der Waals surface area contributed by atoms with Crippen LogP contribution in [-0.2, 0) is 28.6 Å². The Morgan fingerprint density at radius 1 is 0.520 bits per heavy atom. The van der Waals surface area contributed by atoms with Gasteiger partial charge in [0.25, 0.3) is 0 Å². The lowest BCUT2D eigenvalue weighted by molar-refractivity contribution is -0.887. The molecule has 0 fully saturated rings. The predicted octanol–water partition coefficient (Wildman–Crippen LogP) is 11.0. The Balaban J connectivity index is 4.31. The summed E-state index contributed by atoms with van der Waals surface area (Å²) in [6, 6.07) is -0.607. The van der Waals surface area contributed by atoms with Crippen LogP contribution in [0.1, 0.15) is 200 Å². The Bertz CT molecular complexity index is 797. The zero-order chi connectivity index (χ0) is 37.1. The van der Waals surface area contributed by atoms with Crippen LogP contribution in [0.2, 0.25) is 0 Å². The van der Waals surface area contributed by atoms with Gasteiger partial charge in [-0.3, -0.25) is 9.59 Å². The maximum atomic E-state index is 12.7. The van der Waals surface area contributed by atoms with Crippen molar-refractivity contribution in [3.8, 4) is 0 Å². The second kappa shape index (κ2) is 34.4. The molecule has 8 nitrogen and oxygen atoms in total. The van der Waals surface area contributed by atoms with Crippen LogP contribution in [0.5, 0.6) is 0 Å². The summed E-state index contributed by atoms with van der Waals surface area (Å²) >= 11 is 0. The summed E-state index contributed by atoms with van der Waals surface area (Å²) in [5, 5.41) is 9.59. The van der Waals surface area contributed by atoms with Crippen LogP contribution in [0.25, 0.3) is 0 Å². The van der Waals surface area contributed by atoms with Crippen LogP contribution >= 0.6 is 0 Å². The van der Waals surface area contributed by atoms with Gasteiger partial charge < -0.3 is 23.8 Å². The van der Waals surface area contributed by atoms with Gasteiger partial charge in [-0.25, -0.2) is 4.79 Å². The number of carboxylic acid groups (broad SMARTS) is 1. The third kappa shape index (κ3) is 32.3. The highest BCUT2D eigenvalue weighted by atomic mass is 16.6. The average molecular weight is 713 g/mol. The van der Waals surface area contributed by atoms with E-state index in [4.69, 9.17) is 14.2 Å². The van der Waals surface area contributed by atoms with E-state index in [0.29, 0.717) is 19.3 Å². The lowest BCUT2D eigenvalue weighted by Gasteiger charge is -2.31. The van der Waals surface area contributed by atoms with Gasteiger partial charge in [0, 0.05) is 19.3 Å². The minimum Gasteiger partial charge on any atom is -0.477 e. The molecule has 50 heavy (non-hydrogen) atoms. The van der Waals surface area contributed by atoms with Gasteiger partial charge in [-0.1, -0.05) is 168 Å². The van der Waals surface area contributed by atoms with Crippen molar-refractivity contribution >= 4 is 17.9 Å². The fourth-order valence-corrected chi connectivity index (χ4v) is 6.45. The number of carbonyl (C=O) groups is 3. The SMILES string of the molecule is CCCCCCCCCCCCCCCCCC(=O)OCC(COCCC(C(=O)O)[N+](C)(C)C)OC(=O)CCCCCCCCCCCCC. The molecule has 0 bridgehead atoms. The number of esters is 2. The fraction of sp³-hybridized carbons (Fsp3) is 0.929. The molecule has 0 rings (SSSR count). The molecule has 8 heteroatoms. The minimum absolute atomic E-state index is 0.0424. The second-order valence-corrected chi connectivity index (χ2v) is 15.6. The molecule has 0 radical (unpaired) electrons. The quantitative estimate of drug-likeness (QED) is 0.0386. The van der Waals surface area contributed by atoms with E-state index in [1.807, 2.05) is 21.1 Å². The van der Waals surface area contributed by atoms with E-state index in [-0.39, 0.29) is 36.2 Å². The van der Waals surface area contributed by atoms with Gasteiger partial charge in [0.05, 0.1) is 34.4 Å². The summed E-state index contributed by atoms with van der Waals surface area (Å²) < 4.78 is 17.2. The first-order chi connectivity index (χ1) is 24.1. The number of hydrogen-bond acceptors (Lipinski definition) is 6. The molecule has 0 amide bonds. The Labute approximate surface area is 308 Å². The van der Waals surface area contributed by atoms with Crippen molar-refractivity contribution in [1.29, 1.82) is 0 Å². The van der Waals surface area contributed by atoms with E-state index in [9.17, 15) is 19.5 Å². The average Bonchev–Trinajstić information content (AvgIpc) is 3.06. The smallest absolute Gasteiger partial charge is 0.362 e. The van der Waals surface area contributed by atoms with Gasteiger partial charge in [-0.05, 0) is 12.8 Å². The van der Waals surface area contributed by atoms with E-state index in [1.54, 1.807) is 0 Å². The molecule has 0 aromatic heterocycles. The van der Waals surface area contributed by atoms with Gasteiger partial charge in [0.2, 0.25) is 0 Å². The van der Waals surface area contributed by atoms with E-state index < -0.39 is 18.1 Å². The van der Waals surface area contributed by atoms with Crippen LogP contribution in [0, 0.1) is 0 Å². The van der Waals surface area contributed by atoms with Crippen LogP contribution in [0.3, 0.4) is 0 Å². The summed E-state index contributed by atoms with van der Waals surface area (Å²) in [5.41, 5.74) is 0. The Kier molecular flexibility index (Phi) is 33.3. The van der Waals surface area contributed by atoms with E-state index in [1.165, 1.54) is 128 Å². The van der Waals surface area contributed by atoms with Gasteiger partial charge in [-0.15, -0.1) is 0 Å². The molecule has 1 N–H and O–H groups in total. The molecule has 0 saturated carbocycles. The molecule has 0 heterocycles. The summed E-state index contributed by atoms with van der Waals surface area (Å²) in [5.74, 6) is -1.45. The maximum absolute atomic E-state index is 12.7. The van der Waals surface area contributed by atoms with Crippen molar-refractivity contribution in [3.63, 3.8) is 0 Å². The Morgan fingerprint density at radius 3 is 1.24 bits per heavy atom. The number of likely N-dealkylation sites (N-methyl/N-ethyl adjacent to an activating group) is 1. The number of unbranched alkanes of at least 4 members (excludes halogenated alkanes) is 24. The second-order valence-electron chi connectivity index (χ2n) is 15.6. The van der Waals surface area contributed by atoms with Crippen molar-refractivity contribution in [2.45, 2.75) is 212 Å². The third-order valence-corrected chi connectivity index (χ3v) is 9.76. The first-order valence-corrected chi connectivity index (χ1v) is 21.1. The molecule has 0 aromatic rings. The number of carbonyl (C=O) groups excluding carboxylic acids is 2. The standard InChI is InChI=1S/C42H81NO7/c1-6-8-10-12-14-16-18-19-20-21-23-24-26-28-30-32-40(44)49-37-38(36-48-35-34-39(42(46)47)43(3,4)5)50-41(45)33-31-29-27-25-22-17-15-13-11-9-7-2/h38-39H,6-37H2,1-5H3/p+1. The summed E-state index contributed by atoms with van der Waals surface area (Å²) in [4.78, 5) is 36.8. The van der Waals surface area contributed by atoms with Gasteiger partial charge in [0.15, 0.2) is 12.1 Å². The number of nitrogens with zero attached hydrogens (tertiary/aromatic N) is 1. The largest absolute Gasteiger partial charge is 0.477 e. The topological polar surface area (TPSA) is 99.1 Å². The number of aliphatic carboxylic acids is 1. The molecular formula is C42H82NO7+. The van der Waals surface area contributed by atoms with Crippen molar-refractivity contribution < 1.29 is 38.2 Å². The number of rotatable bonds is 38. The normalized spacial score (nSPS) is 12.9. The highest BCUT2D eigenvalue weighted by Gasteiger charge is 2.31. The first kappa shape index (κ1) is 48.3. The van der Waals surface area contributed by atoms with Crippen LogP contribution in [-0.4, -0.2) is 80.6 Å². The molecule has 0 saturated heterocycles. The number of hydrogen-bond donors (Lipinski definition) is 1. The van der Waals surface area contributed by atoms with Crippen molar-refractivity contribution in [2.24, 2.45) is 0 Å². The maximum Gasteiger partial charge on any atom is 0.362 e. The molecule has 0 aromatic carbocycles. The summed E-state index contributed by atoms with van der Waals surface area (Å²) in [7, 11) is 5.53. The highest BCUT2D eigenvalue weighted by Crippen LogP contribution is 2.15. The van der Waals surface area contributed by atoms with E-state index in [0.717, 1.165) is 38.5 Å². The highest BCUT2D eigenvalue weighted by molar-refractivity contribution is 5.72. The van der Waals surface area contributed by atoms with Crippen LogP contribution in [0.4, 0.5) is 0 Å². The molecule has 0 spiro atoms. The van der Waals surface area contributed by atoms with E-state index in [2.05, 4.69) is 13.8 Å². The zero-order valence-electron chi connectivity index (χ0n) is 33.6. The van der Waals surface area contributed by atoms with Crippen molar-refractivity contribution in [3.05, 3.63) is 0 Å². The Morgan fingerprint density at radius 2 is 0.880 bits per heavy atom. The fourth-order valence-electron chi connectivity index (χ4n) is 6.45. The first-order valence-electron chi connectivity index (χ1n) is 21.1. The van der Waals surface area contributed by atoms with Crippen molar-refractivity contribution in [2.75, 3.05) is 41.0 Å². The van der Waals surface area contributed by atoms with E-state index >= 15 is 0 Å². The Hall–Kier alpha value is -1.67.